The molecule has 6 heterocycles. The number of hydrogen-bond donors (Lipinski definition) is 3. The fourth-order valence-corrected chi connectivity index (χ4v) is 12.7. The van der Waals surface area contributed by atoms with Crippen molar-refractivity contribution in [1.29, 1.82) is 0 Å². The van der Waals surface area contributed by atoms with E-state index in [1.807, 2.05) is 133 Å². The van der Waals surface area contributed by atoms with Crippen LogP contribution >= 0.6 is 35.3 Å². The van der Waals surface area contributed by atoms with Crippen molar-refractivity contribution >= 4 is 70.1 Å². The van der Waals surface area contributed by atoms with Crippen LogP contribution in [0.5, 0.6) is 0 Å². The van der Waals surface area contributed by atoms with Gasteiger partial charge in [-0.3, -0.25) is 23.5 Å². The number of benzene rings is 5. The van der Waals surface area contributed by atoms with E-state index in [0.717, 1.165) is 46.3 Å². The third kappa shape index (κ3) is 14.1. The minimum Gasteiger partial charge on any atom is -0.461 e. The molecule has 1 aliphatic carbocycles. The molecule has 11 aromatic rings. The largest absolute Gasteiger partial charge is 0.461 e. The number of hydrogen-bond acceptors (Lipinski definition) is 16. The molecular formula is C68H61F2N13O6S3. The molecule has 19 nitrogen and oxygen atoms in total. The number of carbonyl (C=O) groups excluding carboxylic acids is 3. The first-order chi connectivity index (χ1) is 44.6. The van der Waals surface area contributed by atoms with Gasteiger partial charge in [-0.05, 0) is 128 Å². The number of alkyl halides is 2. The number of furan rings is 3. The summed E-state index contributed by atoms with van der Waals surface area (Å²) in [7, 11) is 3.99. The van der Waals surface area contributed by atoms with Crippen molar-refractivity contribution in [2.24, 2.45) is 5.92 Å². The summed E-state index contributed by atoms with van der Waals surface area (Å²) in [5.74, 6) is 2.21. The van der Waals surface area contributed by atoms with Crippen LogP contribution in [0.2, 0.25) is 0 Å². The number of thioether (sulfide) groups is 3. The summed E-state index contributed by atoms with van der Waals surface area (Å²) < 4.78 is 55.2. The van der Waals surface area contributed by atoms with E-state index < -0.39 is 17.2 Å². The van der Waals surface area contributed by atoms with E-state index in [0.29, 0.717) is 79.0 Å². The summed E-state index contributed by atoms with van der Waals surface area (Å²) in [6.07, 6.45) is 8.14. The maximum atomic E-state index is 16.1. The predicted molar refractivity (Wildman–Crippen MR) is 353 cm³/mol. The van der Waals surface area contributed by atoms with Crippen molar-refractivity contribution in [2.45, 2.75) is 66.5 Å². The molecule has 0 radical (unpaired) electrons. The Morgan fingerprint density at radius 1 is 0.630 bits per heavy atom. The van der Waals surface area contributed by atoms with Crippen molar-refractivity contribution in [2.75, 3.05) is 41.1 Å². The van der Waals surface area contributed by atoms with Crippen molar-refractivity contribution in [3.05, 3.63) is 217 Å². The molecule has 3 N–H and O–H groups in total. The molecule has 92 heavy (non-hydrogen) atoms. The van der Waals surface area contributed by atoms with E-state index in [4.69, 9.17) is 13.3 Å². The zero-order chi connectivity index (χ0) is 63.9. The Hall–Kier alpha value is -10.0. The van der Waals surface area contributed by atoms with Crippen LogP contribution in [-0.2, 0) is 27.0 Å². The highest BCUT2D eigenvalue weighted by molar-refractivity contribution is 8.00. The van der Waals surface area contributed by atoms with Gasteiger partial charge in [-0.2, -0.15) is 8.78 Å². The van der Waals surface area contributed by atoms with Gasteiger partial charge in [-0.15, -0.1) is 30.6 Å². The first kappa shape index (κ1) is 62.2. The highest BCUT2D eigenvalue weighted by Gasteiger charge is 2.40. The Kier molecular flexibility index (Phi) is 18.6. The van der Waals surface area contributed by atoms with Gasteiger partial charge in [0.2, 0.25) is 35.2 Å². The monoisotopic (exact) mass is 1290 g/mol. The average molecular weight is 1290 g/mol. The summed E-state index contributed by atoms with van der Waals surface area (Å²) in [6.45, 7) is 6.38. The molecule has 0 spiro atoms. The number of carbonyl (C=O) groups is 3. The Labute approximate surface area is 540 Å². The molecule has 0 bridgehead atoms. The van der Waals surface area contributed by atoms with Gasteiger partial charge in [0.15, 0.2) is 32.8 Å². The van der Waals surface area contributed by atoms with Crippen molar-refractivity contribution in [1.82, 2.24) is 49.6 Å². The number of rotatable bonds is 24. The van der Waals surface area contributed by atoms with Gasteiger partial charge in [0.1, 0.15) is 11.5 Å². The van der Waals surface area contributed by atoms with Crippen LogP contribution in [0.25, 0.3) is 57.4 Å². The first-order valence-electron chi connectivity index (χ1n) is 29.4. The van der Waals surface area contributed by atoms with Gasteiger partial charge in [0, 0.05) is 53.5 Å². The number of nitrogens with zero attached hydrogens (tertiary/aromatic N) is 10. The van der Waals surface area contributed by atoms with Crippen LogP contribution in [0, 0.1) is 5.92 Å². The zero-order valence-electron chi connectivity index (χ0n) is 50.4. The van der Waals surface area contributed by atoms with Gasteiger partial charge in [0.25, 0.3) is 0 Å². The maximum absolute atomic E-state index is 16.1. The normalized spacial score (nSPS) is 13.8. The van der Waals surface area contributed by atoms with E-state index in [1.54, 1.807) is 36.4 Å². The van der Waals surface area contributed by atoms with Crippen LogP contribution in [0.1, 0.15) is 49.9 Å². The lowest BCUT2D eigenvalue weighted by atomic mass is 10.0. The van der Waals surface area contributed by atoms with E-state index in [1.165, 1.54) is 60.1 Å². The molecule has 0 saturated carbocycles. The summed E-state index contributed by atoms with van der Waals surface area (Å²) in [6, 6.07) is 46.4. The second-order valence-electron chi connectivity index (χ2n) is 21.9. The molecule has 3 atom stereocenters. The molecule has 466 valence electrons. The minimum atomic E-state index is -3.57. The molecule has 3 amide bonds. The summed E-state index contributed by atoms with van der Waals surface area (Å²) in [4.78, 5) is 42.7. The minimum absolute atomic E-state index is 0.0984. The topological polar surface area (TPSA) is 222 Å². The van der Waals surface area contributed by atoms with Crippen molar-refractivity contribution in [3.63, 3.8) is 0 Å². The van der Waals surface area contributed by atoms with E-state index in [9.17, 15) is 14.4 Å². The Morgan fingerprint density at radius 2 is 1.27 bits per heavy atom. The summed E-state index contributed by atoms with van der Waals surface area (Å²) in [5, 5.41) is 35.6. The van der Waals surface area contributed by atoms with Gasteiger partial charge < -0.3 is 34.1 Å². The second kappa shape index (κ2) is 27.6. The van der Waals surface area contributed by atoms with E-state index in [-0.39, 0.29) is 51.7 Å². The predicted octanol–water partition coefficient (Wildman–Crippen LogP) is 14.4. The number of allylic oxidation sites excluding steroid dienone is 4. The molecule has 12 rings (SSSR count). The number of anilines is 3. The maximum Gasteiger partial charge on any atom is 0.359 e. The third-order valence-corrected chi connectivity index (χ3v) is 18.0. The fourth-order valence-electron chi connectivity index (χ4n) is 10.3. The van der Waals surface area contributed by atoms with Gasteiger partial charge in [0.05, 0.1) is 35.6 Å². The highest BCUT2D eigenvalue weighted by Crippen LogP contribution is 2.40. The SMILES string of the molecule is CC1C=CC=C(NC(=O)CSc2nnc(-c3ccc(-c4cccc(NC(=O)C(C)Sc5nnc(-c6ccc(-c7ccc(NC(=O)CSc8nnc(-c9ccco9)n8C(F)(F)c8ccccc8)cc7)o6)n5C(C)c5ccccc5)c4)o3)n2Cc2ccc(N(C)C)cc2)C1. The van der Waals surface area contributed by atoms with Crippen molar-refractivity contribution < 1.29 is 36.4 Å². The zero-order valence-corrected chi connectivity index (χ0v) is 52.9. The number of aromatic nitrogens is 9. The molecule has 0 saturated heterocycles. The Bertz CT molecular complexity index is 4450. The quantitative estimate of drug-likeness (QED) is 0.0479. The van der Waals surface area contributed by atoms with Crippen LogP contribution in [0.3, 0.4) is 0 Å². The molecule has 1 aliphatic rings. The average Bonchev–Trinajstić information content (AvgIpc) is 1.61. The summed E-state index contributed by atoms with van der Waals surface area (Å²) >= 11 is 3.38. The van der Waals surface area contributed by atoms with Crippen LogP contribution in [-0.4, -0.2) is 92.9 Å². The lowest BCUT2D eigenvalue weighted by molar-refractivity contribution is -0.118. The molecule has 0 fully saturated rings. The van der Waals surface area contributed by atoms with E-state index >= 15 is 8.78 Å². The third-order valence-electron chi connectivity index (χ3n) is 15.0. The van der Waals surface area contributed by atoms with Crippen LogP contribution in [0.15, 0.2) is 229 Å². The van der Waals surface area contributed by atoms with Crippen LogP contribution in [0.4, 0.5) is 25.8 Å². The summed E-state index contributed by atoms with van der Waals surface area (Å²) in [5.41, 5.74) is 6.10. The van der Waals surface area contributed by atoms with Crippen LogP contribution < -0.4 is 20.9 Å². The molecular weight excluding hydrogens is 1230 g/mol. The van der Waals surface area contributed by atoms with Crippen molar-refractivity contribution in [3.8, 4) is 57.4 Å². The molecule has 3 unspecified atom stereocenters. The van der Waals surface area contributed by atoms with E-state index in [2.05, 4.69) is 83.8 Å². The molecule has 24 heteroatoms. The Morgan fingerprint density at radius 3 is 1.98 bits per heavy atom. The lowest BCUT2D eigenvalue weighted by Gasteiger charge is -2.21. The lowest BCUT2D eigenvalue weighted by Crippen LogP contribution is -2.26. The standard InChI is InChI=1S/C68H61F2N13O6S3/c1-42-15-12-21-51(37-42)72-60(85)40-90-65-77-74-61(81(65)39-45-24-30-53(31-25-45)80(4)5)57-34-33-55(89-57)48-18-13-22-52(38-48)73-64(86)44(3)92-66-78-75-62(82(66)43(2)46-16-8-6-9-17-46)58-35-32-54(88-58)47-26-28-50(29-27-47)71-59(84)41-91-67-79-76-63(56-23-14-36-87-56)83(67)68(69,70)49-19-10-7-11-20-49/h6-36,38,42-44H,37,39-41H2,1-5H3,(H,71,84)(H,72,85)(H,73,86). The molecule has 5 aromatic carbocycles. The molecule has 0 aliphatic heterocycles. The Balaban J connectivity index is 0.711. The van der Waals surface area contributed by atoms with Gasteiger partial charge in [-0.25, -0.2) is 4.57 Å². The van der Waals surface area contributed by atoms with Gasteiger partial charge >= 0.3 is 6.05 Å². The highest BCUT2D eigenvalue weighted by atomic mass is 32.2. The fraction of sp³-hybridized carbons (Fsp3) is 0.191. The molecule has 6 aromatic heterocycles. The second-order valence-corrected chi connectivity index (χ2v) is 25.1. The number of nitrogens with one attached hydrogen (secondary N) is 3. The number of halogens is 2. The number of amides is 3. The first-order valence-corrected chi connectivity index (χ1v) is 32.2. The smallest absolute Gasteiger partial charge is 0.359 e. The van der Waals surface area contributed by atoms with Gasteiger partial charge in [-0.1, -0.05) is 139 Å².